The Hall–Kier alpha value is -2.74. The zero-order valence-corrected chi connectivity index (χ0v) is 18.2. The lowest BCUT2D eigenvalue weighted by molar-refractivity contribution is -0.120. The zero-order chi connectivity index (χ0) is 21.6. The first-order chi connectivity index (χ1) is 13.7. The molecule has 1 unspecified atom stereocenters. The highest BCUT2D eigenvalue weighted by Crippen LogP contribution is 2.32. The molecule has 0 aliphatic rings. The molecule has 0 saturated carbocycles. The minimum atomic E-state index is -3.69. The molecule has 7 nitrogen and oxygen atoms in total. The van der Waals surface area contributed by atoms with Gasteiger partial charge in [-0.1, -0.05) is 31.2 Å². The third-order valence-corrected chi connectivity index (χ3v) is 5.75. The zero-order valence-electron chi connectivity index (χ0n) is 17.4. The van der Waals surface area contributed by atoms with Crippen LogP contribution in [0.25, 0.3) is 0 Å². The molecule has 0 aromatic heterocycles. The van der Waals surface area contributed by atoms with Gasteiger partial charge >= 0.3 is 0 Å². The van der Waals surface area contributed by atoms with Gasteiger partial charge in [-0.05, 0) is 36.6 Å². The summed E-state index contributed by atoms with van der Waals surface area (Å²) >= 11 is 0. The van der Waals surface area contributed by atoms with Gasteiger partial charge in [0, 0.05) is 6.07 Å². The predicted octanol–water partition coefficient (Wildman–Crippen LogP) is 2.91. The molecule has 0 radical (unpaired) electrons. The molecule has 1 amide bonds. The molecule has 8 heteroatoms. The number of amides is 1. The summed E-state index contributed by atoms with van der Waals surface area (Å²) in [5.74, 6) is 0.444. The molecular weight excluding hydrogens is 392 g/mol. The van der Waals surface area contributed by atoms with Crippen molar-refractivity contribution < 1.29 is 22.7 Å². The Morgan fingerprint density at radius 1 is 1.07 bits per heavy atom. The number of hydrogen-bond acceptors (Lipinski definition) is 5. The minimum absolute atomic E-state index is 0.250. The number of carbonyl (C=O) groups is 1. The van der Waals surface area contributed by atoms with Gasteiger partial charge in [-0.15, -0.1) is 0 Å². The molecule has 0 heterocycles. The van der Waals surface area contributed by atoms with Crippen LogP contribution in [0.2, 0.25) is 0 Å². The molecule has 1 atom stereocenters. The molecule has 0 fully saturated rings. The lowest BCUT2D eigenvalue weighted by Gasteiger charge is -2.24. The van der Waals surface area contributed by atoms with Crippen LogP contribution in [0, 0.1) is 0 Å². The van der Waals surface area contributed by atoms with Crippen molar-refractivity contribution in [2.75, 3.05) is 31.3 Å². The number of nitrogens with one attached hydrogen (secondary N) is 1. The number of hydrogen-bond donors (Lipinski definition) is 1. The molecule has 0 spiro atoms. The summed E-state index contributed by atoms with van der Waals surface area (Å²) in [5.41, 5.74) is 2.48. The summed E-state index contributed by atoms with van der Waals surface area (Å²) < 4.78 is 36.1. The van der Waals surface area contributed by atoms with Crippen LogP contribution >= 0.6 is 0 Å². The molecule has 2 rings (SSSR count). The lowest BCUT2D eigenvalue weighted by atomic mass is 10.1. The SMILES string of the molecule is CCc1ccc(C(C)NC(=O)CN(c2ccc(OC)c(OC)c2)S(C)(=O)=O)cc1. The van der Waals surface area contributed by atoms with Gasteiger partial charge in [0.2, 0.25) is 15.9 Å². The van der Waals surface area contributed by atoms with Crippen molar-refractivity contribution in [2.45, 2.75) is 26.3 Å². The Kier molecular flexibility index (Phi) is 7.50. The largest absolute Gasteiger partial charge is 0.493 e. The number of sulfonamides is 1. The van der Waals surface area contributed by atoms with Gasteiger partial charge in [0.05, 0.1) is 32.2 Å². The first-order valence-corrected chi connectivity index (χ1v) is 11.1. The van der Waals surface area contributed by atoms with Crippen molar-refractivity contribution in [1.29, 1.82) is 0 Å². The molecular formula is C21H28N2O5S. The van der Waals surface area contributed by atoms with Gasteiger partial charge in [0.15, 0.2) is 11.5 Å². The highest BCUT2D eigenvalue weighted by atomic mass is 32.2. The van der Waals surface area contributed by atoms with E-state index in [2.05, 4.69) is 12.2 Å². The van der Waals surface area contributed by atoms with Crippen LogP contribution in [0.4, 0.5) is 5.69 Å². The summed E-state index contributed by atoms with van der Waals surface area (Å²) in [6, 6.07) is 12.4. The fourth-order valence-corrected chi connectivity index (χ4v) is 3.77. The average molecular weight is 421 g/mol. The van der Waals surface area contributed by atoms with Gasteiger partial charge in [-0.3, -0.25) is 9.10 Å². The number of ether oxygens (including phenoxy) is 2. The summed E-state index contributed by atoms with van der Waals surface area (Å²) in [6.07, 6.45) is 2.00. The first-order valence-electron chi connectivity index (χ1n) is 9.27. The number of rotatable bonds is 9. The molecule has 0 aliphatic heterocycles. The third-order valence-electron chi connectivity index (χ3n) is 4.61. The number of nitrogens with zero attached hydrogens (tertiary/aromatic N) is 1. The molecule has 2 aromatic rings. The Morgan fingerprint density at radius 2 is 1.69 bits per heavy atom. The van der Waals surface area contributed by atoms with Crippen molar-refractivity contribution >= 4 is 21.6 Å². The van der Waals surface area contributed by atoms with Gasteiger partial charge < -0.3 is 14.8 Å². The van der Waals surface area contributed by atoms with Crippen LogP contribution < -0.4 is 19.1 Å². The van der Waals surface area contributed by atoms with Crippen LogP contribution in [-0.4, -0.2) is 41.3 Å². The Labute approximate surface area is 172 Å². The maximum absolute atomic E-state index is 12.6. The monoisotopic (exact) mass is 420 g/mol. The maximum atomic E-state index is 12.6. The number of carbonyl (C=O) groups excluding carboxylic acids is 1. The van der Waals surface area contributed by atoms with E-state index in [9.17, 15) is 13.2 Å². The van der Waals surface area contributed by atoms with Crippen LogP contribution in [0.3, 0.4) is 0 Å². The standard InChI is InChI=1S/C21H28N2O5S/c1-6-16-7-9-17(10-8-16)15(2)22-21(24)14-23(29(5,25)26)18-11-12-19(27-3)20(13-18)28-4/h7-13,15H,6,14H2,1-5H3,(H,22,24). The van der Waals surface area contributed by atoms with E-state index in [0.717, 1.165) is 22.5 Å². The molecule has 0 saturated heterocycles. The average Bonchev–Trinajstić information content (AvgIpc) is 2.70. The van der Waals surface area contributed by atoms with Gasteiger partial charge in [0.1, 0.15) is 6.54 Å². The van der Waals surface area contributed by atoms with Gasteiger partial charge in [-0.2, -0.15) is 0 Å². The number of anilines is 1. The molecule has 2 aromatic carbocycles. The Balaban J connectivity index is 2.18. The van der Waals surface area contributed by atoms with Crippen molar-refractivity contribution in [3.63, 3.8) is 0 Å². The number of benzene rings is 2. The van der Waals surface area contributed by atoms with Gasteiger partial charge in [0.25, 0.3) is 0 Å². The van der Waals surface area contributed by atoms with Crippen molar-refractivity contribution in [3.8, 4) is 11.5 Å². The van der Waals surface area contributed by atoms with E-state index in [-0.39, 0.29) is 12.6 Å². The summed E-state index contributed by atoms with van der Waals surface area (Å²) in [7, 11) is -0.734. The fraction of sp³-hybridized carbons (Fsp3) is 0.381. The maximum Gasteiger partial charge on any atom is 0.241 e. The van der Waals surface area contributed by atoms with E-state index in [1.54, 1.807) is 12.1 Å². The molecule has 1 N–H and O–H groups in total. The van der Waals surface area contributed by atoms with Crippen molar-refractivity contribution in [1.82, 2.24) is 5.32 Å². The quantitative estimate of drug-likeness (QED) is 0.674. The molecule has 158 valence electrons. The second kappa shape index (κ2) is 9.65. The minimum Gasteiger partial charge on any atom is -0.493 e. The Bertz CT molecular complexity index is 942. The van der Waals surface area contributed by atoms with Crippen molar-refractivity contribution in [3.05, 3.63) is 53.6 Å². The van der Waals surface area contributed by atoms with E-state index >= 15 is 0 Å². The van der Waals surface area contributed by atoms with E-state index < -0.39 is 15.9 Å². The molecule has 0 aliphatic carbocycles. The summed E-state index contributed by atoms with van der Waals surface area (Å²) in [6.45, 7) is 3.60. The molecule has 0 bridgehead atoms. The van der Waals surface area contributed by atoms with E-state index in [0.29, 0.717) is 17.2 Å². The summed E-state index contributed by atoms with van der Waals surface area (Å²) in [5, 5.41) is 2.86. The smallest absolute Gasteiger partial charge is 0.241 e. The van der Waals surface area contributed by atoms with Crippen LogP contribution in [0.15, 0.2) is 42.5 Å². The van der Waals surface area contributed by atoms with E-state index in [4.69, 9.17) is 9.47 Å². The first kappa shape index (κ1) is 22.5. The fourth-order valence-electron chi connectivity index (χ4n) is 2.92. The second-order valence-electron chi connectivity index (χ2n) is 6.69. The van der Waals surface area contributed by atoms with Crippen LogP contribution in [-0.2, 0) is 21.2 Å². The highest BCUT2D eigenvalue weighted by molar-refractivity contribution is 7.92. The predicted molar refractivity (Wildman–Crippen MR) is 114 cm³/mol. The van der Waals surface area contributed by atoms with Crippen LogP contribution in [0.5, 0.6) is 11.5 Å². The van der Waals surface area contributed by atoms with Crippen molar-refractivity contribution in [2.24, 2.45) is 0 Å². The second-order valence-corrected chi connectivity index (χ2v) is 8.60. The topological polar surface area (TPSA) is 84.9 Å². The highest BCUT2D eigenvalue weighted by Gasteiger charge is 2.23. The normalized spacial score (nSPS) is 12.2. The molecule has 29 heavy (non-hydrogen) atoms. The van der Waals surface area contributed by atoms with E-state index in [1.165, 1.54) is 25.8 Å². The lowest BCUT2D eigenvalue weighted by Crippen LogP contribution is -2.41. The number of aryl methyl sites for hydroxylation is 1. The number of methoxy groups -OCH3 is 2. The Morgan fingerprint density at radius 3 is 2.21 bits per heavy atom. The summed E-state index contributed by atoms with van der Waals surface area (Å²) in [4.78, 5) is 12.6. The van der Waals surface area contributed by atoms with Gasteiger partial charge in [-0.25, -0.2) is 8.42 Å². The van der Waals surface area contributed by atoms with Crippen LogP contribution in [0.1, 0.15) is 31.0 Å². The third kappa shape index (κ3) is 5.87. The van der Waals surface area contributed by atoms with E-state index in [1.807, 2.05) is 31.2 Å².